The van der Waals surface area contributed by atoms with Crippen molar-refractivity contribution in [3.63, 3.8) is 0 Å². The average Bonchev–Trinajstić information content (AvgIpc) is 3.03. The summed E-state index contributed by atoms with van der Waals surface area (Å²) in [5.74, 6) is -3.46. The van der Waals surface area contributed by atoms with Crippen molar-refractivity contribution in [3.8, 4) is 0 Å². The van der Waals surface area contributed by atoms with Crippen LogP contribution in [0.25, 0.3) is 0 Å². The van der Waals surface area contributed by atoms with E-state index >= 15 is 0 Å². The van der Waals surface area contributed by atoms with Crippen molar-refractivity contribution < 1.29 is 27.0 Å². The molecule has 0 aromatic heterocycles. The van der Waals surface area contributed by atoms with Crippen molar-refractivity contribution in [1.82, 2.24) is 10.0 Å². The molecule has 0 aliphatic carbocycles. The average molecular weight is 396 g/mol. The molecule has 0 saturated carbocycles. The fourth-order valence-electron chi connectivity index (χ4n) is 2.94. The summed E-state index contributed by atoms with van der Waals surface area (Å²) in [6.07, 6.45) is -4.53. The first kappa shape index (κ1) is 19.1. The molecule has 2 unspecified atom stereocenters. The number of benzene rings is 2. The molecule has 1 fully saturated rings. The minimum Gasteiger partial charge on any atom is -0.355 e. The lowest BCUT2D eigenvalue weighted by Crippen LogP contribution is -2.38. The lowest BCUT2D eigenvalue weighted by atomic mass is 9.87. The van der Waals surface area contributed by atoms with E-state index in [2.05, 4.69) is 10.0 Å². The molecule has 1 heterocycles. The summed E-state index contributed by atoms with van der Waals surface area (Å²) < 4.78 is 53.3. The molecule has 1 aliphatic rings. The molecule has 3 atom stereocenters. The van der Waals surface area contributed by atoms with E-state index in [9.17, 15) is 27.0 Å². The third-order valence-electron chi connectivity index (χ3n) is 4.26. The van der Waals surface area contributed by atoms with Gasteiger partial charge in [-0.1, -0.05) is 36.4 Å². The van der Waals surface area contributed by atoms with Crippen molar-refractivity contribution in [2.45, 2.75) is 17.0 Å². The fraction of sp³-hybridized carbons (Fsp3) is 0.222. The van der Waals surface area contributed by atoms with Gasteiger partial charge in [0.05, 0.1) is 10.5 Å². The lowest BCUT2D eigenvalue weighted by Gasteiger charge is -2.18. The van der Waals surface area contributed by atoms with E-state index < -0.39 is 46.4 Å². The minimum atomic E-state index is -4.53. The second-order valence-corrected chi connectivity index (χ2v) is 7.21. The van der Waals surface area contributed by atoms with Gasteiger partial charge in [0.25, 0.3) is 0 Å². The van der Waals surface area contributed by atoms with Crippen LogP contribution in [0.1, 0.15) is 17.0 Å². The van der Waals surface area contributed by atoms with Crippen molar-refractivity contribution >= 4 is 22.8 Å². The third-order valence-corrected chi connectivity index (χ3v) is 5.34. The van der Waals surface area contributed by atoms with Gasteiger partial charge in [-0.3, -0.25) is 14.3 Å². The largest absolute Gasteiger partial charge is 0.416 e. The smallest absolute Gasteiger partial charge is 0.355 e. The normalized spacial score (nSPS) is 20.8. The molecule has 2 amide bonds. The molecular formula is C18H15F3N2O3S. The zero-order valence-electron chi connectivity index (χ0n) is 13.8. The number of carbonyl (C=O) groups excluding carboxylic acids is 2. The van der Waals surface area contributed by atoms with Crippen LogP contribution >= 0.6 is 0 Å². The second-order valence-electron chi connectivity index (χ2n) is 6.00. The highest BCUT2D eigenvalue weighted by molar-refractivity contribution is 7.83. The van der Waals surface area contributed by atoms with Gasteiger partial charge in [0.1, 0.15) is 5.92 Å². The molecule has 0 radical (unpaired) electrons. The monoisotopic (exact) mass is 396 g/mol. The van der Waals surface area contributed by atoms with Crippen molar-refractivity contribution in [3.05, 3.63) is 65.7 Å². The van der Waals surface area contributed by atoms with Crippen molar-refractivity contribution in [2.24, 2.45) is 5.92 Å². The van der Waals surface area contributed by atoms with Gasteiger partial charge in [-0.2, -0.15) is 13.2 Å². The summed E-state index contributed by atoms with van der Waals surface area (Å²) >= 11 is 0. The first-order chi connectivity index (χ1) is 12.8. The van der Waals surface area contributed by atoms with E-state index in [1.807, 2.05) is 0 Å². The Kier molecular flexibility index (Phi) is 5.31. The van der Waals surface area contributed by atoms with Gasteiger partial charge >= 0.3 is 6.18 Å². The summed E-state index contributed by atoms with van der Waals surface area (Å²) in [6, 6.07) is 12.6. The van der Waals surface area contributed by atoms with Crippen LogP contribution in [0.2, 0.25) is 0 Å². The van der Waals surface area contributed by atoms with Crippen molar-refractivity contribution in [2.75, 3.05) is 6.54 Å². The molecule has 0 bridgehead atoms. The quantitative estimate of drug-likeness (QED) is 0.780. The molecule has 3 rings (SSSR count). The highest BCUT2D eigenvalue weighted by Crippen LogP contribution is 2.34. The Hall–Kier alpha value is -2.68. The molecule has 2 aromatic carbocycles. The van der Waals surface area contributed by atoms with Crippen LogP contribution in [0.3, 0.4) is 0 Å². The number of rotatable bonds is 4. The summed E-state index contributed by atoms with van der Waals surface area (Å²) in [6.45, 7) is 0.0240. The number of carbonyl (C=O) groups is 2. The number of halogens is 3. The Bertz CT molecular complexity index is 887. The van der Waals surface area contributed by atoms with Crippen LogP contribution < -0.4 is 10.0 Å². The summed E-state index contributed by atoms with van der Waals surface area (Å²) in [5, 5.41) is 2.49. The van der Waals surface area contributed by atoms with Gasteiger partial charge < -0.3 is 5.32 Å². The number of alkyl halides is 3. The lowest BCUT2D eigenvalue weighted by molar-refractivity contribution is -0.137. The molecule has 142 valence electrons. The van der Waals surface area contributed by atoms with E-state index in [0.717, 1.165) is 12.1 Å². The van der Waals surface area contributed by atoms with E-state index in [1.165, 1.54) is 12.1 Å². The predicted octanol–water partition coefficient (Wildman–Crippen LogP) is 2.37. The van der Waals surface area contributed by atoms with Gasteiger partial charge in [-0.05, 0) is 23.8 Å². The van der Waals surface area contributed by atoms with Crippen molar-refractivity contribution in [1.29, 1.82) is 0 Å². The SMILES string of the molecule is O=C1NC[C@H](c2cccc(C(F)(F)F)c2)C1C(=O)NS(=O)c1ccccc1. The molecule has 27 heavy (non-hydrogen) atoms. The standard InChI is InChI=1S/C18H15F3N2O3S/c19-18(20,21)12-6-4-5-11(9-12)14-10-22-16(24)15(14)17(25)23-27(26)13-7-2-1-3-8-13/h1-9,14-15H,10H2,(H,22,24)(H,23,25)/t14-,15?,27?/m1/s1. The highest BCUT2D eigenvalue weighted by Gasteiger charge is 2.42. The van der Waals surface area contributed by atoms with E-state index in [1.54, 1.807) is 30.3 Å². The maximum Gasteiger partial charge on any atom is 0.416 e. The van der Waals surface area contributed by atoms with Crippen LogP contribution in [0.4, 0.5) is 13.2 Å². The van der Waals surface area contributed by atoms with Crippen LogP contribution in [0.5, 0.6) is 0 Å². The number of amides is 2. The first-order valence-electron chi connectivity index (χ1n) is 7.99. The summed E-state index contributed by atoms with van der Waals surface area (Å²) in [7, 11) is -1.87. The minimum absolute atomic E-state index is 0.0240. The van der Waals surface area contributed by atoms with Crippen LogP contribution in [0.15, 0.2) is 59.5 Å². The second kappa shape index (κ2) is 7.51. The molecule has 1 aliphatic heterocycles. The zero-order valence-corrected chi connectivity index (χ0v) is 14.6. The topological polar surface area (TPSA) is 75.3 Å². The Morgan fingerprint density at radius 1 is 1.11 bits per heavy atom. The fourth-order valence-corrected chi connectivity index (χ4v) is 3.77. The Labute approximate surface area is 155 Å². The van der Waals surface area contributed by atoms with Gasteiger partial charge in [-0.25, -0.2) is 4.21 Å². The first-order valence-corrected chi connectivity index (χ1v) is 9.14. The predicted molar refractivity (Wildman–Crippen MR) is 91.7 cm³/mol. The van der Waals surface area contributed by atoms with Crippen LogP contribution in [-0.4, -0.2) is 22.6 Å². The molecule has 2 N–H and O–H groups in total. The van der Waals surface area contributed by atoms with Gasteiger partial charge in [0, 0.05) is 12.5 Å². The number of hydrogen-bond acceptors (Lipinski definition) is 3. The molecular weight excluding hydrogens is 381 g/mol. The number of nitrogens with one attached hydrogen (secondary N) is 2. The highest BCUT2D eigenvalue weighted by atomic mass is 32.2. The third kappa shape index (κ3) is 4.19. The van der Waals surface area contributed by atoms with E-state index in [-0.39, 0.29) is 12.1 Å². The molecule has 2 aromatic rings. The summed E-state index contributed by atoms with van der Waals surface area (Å²) in [4.78, 5) is 25.0. The van der Waals surface area contributed by atoms with Crippen LogP contribution in [-0.2, 0) is 26.8 Å². The Morgan fingerprint density at radius 3 is 2.48 bits per heavy atom. The van der Waals surface area contributed by atoms with Gasteiger partial charge in [-0.15, -0.1) is 0 Å². The van der Waals surface area contributed by atoms with Gasteiger partial charge in [0.2, 0.25) is 11.8 Å². The molecule has 1 saturated heterocycles. The maximum atomic E-state index is 12.9. The Morgan fingerprint density at radius 2 is 1.81 bits per heavy atom. The molecule has 9 heteroatoms. The molecule has 0 spiro atoms. The maximum absolute atomic E-state index is 12.9. The molecule has 5 nitrogen and oxygen atoms in total. The van der Waals surface area contributed by atoms with Gasteiger partial charge in [0.15, 0.2) is 11.0 Å². The number of hydrogen-bond donors (Lipinski definition) is 2. The summed E-state index contributed by atoms with van der Waals surface area (Å²) in [5.41, 5.74) is -0.639. The zero-order chi connectivity index (χ0) is 19.6. The Balaban J connectivity index is 1.82. The van der Waals surface area contributed by atoms with E-state index in [0.29, 0.717) is 4.90 Å². The van der Waals surface area contributed by atoms with E-state index in [4.69, 9.17) is 0 Å². The van der Waals surface area contributed by atoms with Crippen LogP contribution in [0, 0.1) is 5.92 Å².